The first-order valence-electron chi connectivity index (χ1n) is 7.38. The first-order chi connectivity index (χ1) is 9.21. The third-order valence-electron chi connectivity index (χ3n) is 3.91. The molecule has 0 aromatic carbocycles. The summed E-state index contributed by atoms with van der Waals surface area (Å²) in [6, 6.07) is 0.178. The van der Waals surface area contributed by atoms with Gasteiger partial charge in [0.25, 0.3) is 0 Å². The topological polar surface area (TPSA) is 56.8 Å². The SMILES string of the molecule is CCCN[C@@H]1CCC2(C[C@H]1C(=O)OCC)OCCO2. The van der Waals surface area contributed by atoms with Gasteiger partial charge in [0.1, 0.15) is 0 Å². The smallest absolute Gasteiger partial charge is 0.310 e. The van der Waals surface area contributed by atoms with Gasteiger partial charge >= 0.3 is 5.97 Å². The first-order valence-corrected chi connectivity index (χ1v) is 7.38. The molecule has 1 saturated heterocycles. The van der Waals surface area contributed by atoms with Crippen molar-refractivity contribution >= 4 is 5.97 Å². The Bertz CT molecular complexity index is 302. The highest BCUT2D eigenvalue weighted by Crippen LogP contribution is 2.39. The van der Waals surface area contributed by atoms with Gasteiger partial charge in [-0.05, 0) is 26.3 Å². The van der Waals surface area contributed by atoms with E-state index in [1.165, 1.54) is 0 Å². The molecule has 2 rings (SSSR count). The van der Waals surface area contributed by atoms with Crippen LogP contribution >= 0.6 is 0 Å². The van der Waals surface area contributed by atoms with Crippen molar-refractivity contribution in [3.8, 4) is 0 Å². The van der Waals surface area contributed by atoms with Crippen molar-refractivity contribution in [2.45, 2.75) is 51.4 Å². The van der Waals surface area contributed by atoms with Crippen LogP contribution in [0.25, 0.3) is 0 Å². The molecular formula is C14H25NO4. The molecule has 2 atom stereocenters. The van der Waals surface area contributed by atoms with Crippen LogP contribution < -0.4 is 5.32 Å². The van der Waals surface area contributed by atoms with E-state index in [4.69, 9.17) is 14.2 Å². The molecule has 2 aliphatic rings. The lowest BCUT2D eigenvalue weighted by Crippen LogP contribution is -2.51. The summed E-state index contributed by atoms with van der Waals surface area (Å²) in [6.45, 7) is 6.57. The summed E-state index contributed by atoms with van der Waals surface area (Å²) >= 11 is 0. The lowest BCUT2D eigenvalue weighted by molar-refractivity contribution is -0.198. The third-order valence-corrected chi connectivity index (χ3v) is 3.91. The maximum absolute atomic E-state index is 12.1. The van der Waals surface area contributed by atoms with Crippen LogP contribution in [0.3, 0.4) is 0 Å². The van der Waals surface area contributed by atoms with Crippen molar-refractivity contribution in [2.75, 3.05) is 26.4 Å². The molecule has 1 aliphatic heterocycles. The molecule has 5 heteroatoms. The molecule has 0 amide bonds. The highest BCUT2D eigenvalue weighted by molar-refractivity contribution is 5.73. The van der Waals surface area contributed by atoms with Crippen LogP contribution in [0.4, 0.5) is 0 Å². The first kappa shape index (κ1) is 14.8. The van der Waals surface area contributed by atoms with E-state index in [1.807, 2.05) is 6.92 Å². The van der Waals surface area contributed by atoms with Gasteiger partial charge in [0, 0.05) is 18.9 Å². The number of nitrogens with one attached hydrogen (secondary N) is 1. The van der Waals surface area contributed by atoms with Crippen molar-refractivity contribution in [1.29, 1.82) is 0 Å². The molecule has 0 bridgehead atoms. The highest BCUT2D eigenvalue weighted by Gasteiger charge is 2.47. The summed E-state index contributed by atoms with van der Waals surface area (Å²) in [5, 5.41) is 3.46. The molecular weight excluding hydrogens is 246 g/mol. The molecule has 5 nitrogen and oxygen atoms in total. The van der Waals surface area contributed by atoms with Crippen molar-refractivity contribution < 1.29 is 19.0 Å². The molecule has 0 unspecified atom stereocenters. The Morgan fingerprint density at radius 3 is 2.74 bits per heavy atom. The van der Waals surface area contributed by atoms with Crippen LogP contribution in [0, 0.1) is 5.92 Å². The minimum atomic E-state index is -0.540. The summed E-state index contributed by atoms with van der Waals surface area (Å²) in [4.78, 5) is 12.1. The van der Waals surface area contributed by atoms with Gasteiger partial charge in [-0.2, -0.15) is 0 Å². The minimum Gasteiger partial charge on any atom is -0.466 e. The van der Waals surface area contributed by atoms with Gasteiger partial charge in [-0.1, -0.05) is 6.92 Å². The van der Waals surface area contributed by atoms with Gasteiger partial charge in [-0.15, -0.1) is 0 Å². The van der Waals surface area contributed by atoms with E-state index < -0.39 is 5.79 Å². The predicted molar refractivity (Wildman–Crippen MR) is 70.7 cm³/mol. The Balaban J connectivity index is 2.02. The van der Waals surface area contributed by atoms with Crippen molar-refractivity contribution in [3.63, 3.8) is 0 Å². The van der Waals surface area contributed by atoms with E-state index in [2.05, 4.69) is 12.2 Å². The maximum atomic E-state index is 12.1. The zero-order valence-corrected chi connectivity index (χ0v) is 11.9. The van der Waals surface area contributed by atoms with E-state index in [1.54, 1.807) is 0 Å². The molecule has 0 aromatic rings. The molecule has 2 fully saturated rings. The predicted octanol–water partition coefficient (Wildman–Crippen LogP) is 1.46. The number of carbonyl (C=O) groups is 1. The summed E-state index contributed by atoms with van der Waals surface area (Å²) in [5.74, 6) is -0.838. The second-order valence-electron chi connectivity index (χ2n) is 5.27. The van der Waals surface area contributed by atoms with E-state index in [-0.39, 0.29) is 17.9 Å². The second-order valence-corrected chi connectivity index (χ2v) is 5.27. The van der Waals surface area contributed by atoms with Gasteiger partial charge in [0.15, 0.2) is 5.79 Å². The molecule has 1 spiro atoms. The van der Waals surface area contributed by atoms with Crippen LogP contribution in [0.15, 0.2) is 0 Å². The van der Waals surface area contributed by atoms with E-state index in [0.717, 1.165) is 25.8 Å². The fraction of sp³-hybridized carbons (Fsp3) is 0.929. The van der Waals surface area contributed by atoms with E-state index >= 15 is 0 Å². The normalized spacial score (nSPS) is 29.6. The number of ether oxygens (including phenoxy) is 3. The molecule has 0 aromatic heterocycles. The van der Waals surface area contributed by atoms with Gasteiger partial charge in [-0.3, -0.25) is 4.79 Å². The zero-order chi connectivity index (χ0) is 13.7. The Labute approximate surface area is 115 Å². The number of hydrogen-bond acceptors (Lipinski definition) is 5. The quantitative estimate of drug-likeness (QED) is 0.767. The van der Waals surface area contributed by atoms with E-state index in [9.17, 15) is 4.79 Å². The summed E-state index contributed by atoms with van der Waals surface area (Å²) in [5.41, 5.74) is 0. The van der Waals surface area contributed by atoms with Gasteiger partial charge in [0.2, 0.25) is 0 Å². The molecule has 1 heterocycles. The third kappa shape index (κ3) is 3.46. The molecule has 0 radical (unpaired) electrons. The highest BCUT2D eigenvalue weighted by atomic mass is 16.7. The molecule has 1 aliphatic carbocycles. The Morgan fingerprint density at radius 2 is 2.11 bits per heavy atom. The average molecular weight is 271 g/mol. The lowest BCUT2D eigenvalue weighted by atomic mass is 9.80. The molecule has 19 heavy (non-hydrogen) atoms. The minimum absolute atomic E-state index is 0.130. The zero-order valence-electron chi connectivity index (χ0n) is 11.9. The summed E-state index contributed by atoms with van der Waals surface area (Å²) < 4.78 is 16.7. The molecule has 1 saturated carbocycles. The second kappa shape index (κ2) is 6.68. The number of rotatable bonds is 5. The van der Waals surface area contributed by atoms with Gasteiger partial charge in [-0.25, -0.2) is 0 Å². The van der Waals surface area contributed by atoms with Gasteiger partial charge in [0.05, 0.1) is 25.7 Å². The lowest BCUT2D eigenvalue weighted by Gasteiger charge is -2.40. The van der Waals surface area contributed by atoms with Crippen molar-refractivity contribution in [1.82, 2.24) is 5.32 Å². The summed E-state index contributed by atoms with van der Waals surface area (Å²) in [7, 11) is 0. The fourth-order valence-electron chi connectivity index (χ4n) is 2.99. The van der Waals surface area contributed by atoms with Crippen LogP contribution in [-0.2, 0) is 19.0 Å². The number of carbonyl (C=O) groups excluding carboxylic acids is 1. The molecule has 1 N–H and O–H groups in total. The Kier molecular flexibility index (Phi) is 5.19. The van der Waals surface area contributed by atoms with Crippen LogP contribution in [0.5, 0.6) is 0 Å². The number of hydrogen-bond donors (Lipinski definition) is 1. The fourth-order valence-corrected chi connectivity index (χ4v) is 2.99. The summed E-state index contributed by atoms with van der Waals surface area (Å²) in [6.07, 6.45) is 3.41. The standard InChI is InChI=1S/C14H25NO4/c1-3-7-15-12-5-6-14(18-8-9-19-14)10-11(12)13(16)17-4-2/h11-12,15H,3-10H2,1-2H3/t11-,12-/m1/s1. The monoisotopic (exact) mass is 271 g/mol. The van der Waals surface area contributed by atoms with Crippen LogP contribution in [0.1, 0.15) is 39.5 Å². The average Bonchev–Trinajstić information content (AvgIpc) is 2.86. The Morgan fingerprint density at radius 1 is 1.37 bits per heavy atom. The van der Waals surface area contributed by atoms with Crippen LogP contribution in [-0.4, -0.2) is 44.2 Å². The van der Waals surface area contributed by atoms with Crippen molar-refractivity contribution in [2.24, 2.45) is 5.92 Å². The van der Waals surface area contributed by atoms with E-state index in [0.29, 0.717) is 26.2 Å². The van der Waals surface area contributed by atoms with Gasteiger partial charge < -0.3 is 19.5 Å². The Hall–Kier alpha value is -0.650. The molecule has 110 valence electrons. The van der Waals surface area contributed by atoms with Crippen molar-refractivity contribution in [3.05, 3.63) is 0 Å². The largest absolute Gasteiger partial charge is 0.466 e. The van der Waals surface area contributed by atoms with Crippen LogP contribution in [0.2, 0.25) is 0 Å². The number of esters is 1. The maximum Gasteiger partial charge on any atom is 0.310 e.